The average Bonchev–Trinajstić information content (AvgIpc) is 2.86. The van der Waals surface area contributed by atoms with Crippen LogP contribution in [0.3, 0.4) is 0 Å². The molecule has 2 fully saturated rings. The minimum atomic E-state index is 0.0336. The van der Waals surface area contributed by atoms with Gasteiger partial charge in [0.1, 0.15) is 5.82 Å². The topological polar surface area (TPSA) is 90.3 Å². The number of anilines is 2. The highest BCUT2D eigenvalue weighted by molar-refractivity contribution is 5.46. The summed E-state index contributed by atoms with van der Waals surface area (Å²) in [6, 6.07) is 2.31. The monoisotopic (exact) mass is 277 g/mol. The quantitative estimate of drug-likeness (QED) is 0.825. The van der Waals surface area contributed by atoms with E-state index in [0.29, 0.717) is 5.95 Å². The van der Waals surface area contributed by atoms with E-state index in [9.17, 15) is 0 Å². The molecular formula is C14H23N5O. The Bertz CT molecular complexity index is 486. The Balaban J connectivity index is 1.90. The molecular weight excluding hydrogens is 254 g/mol. The number of ether oxygens (including phenoxy) is 1. The third-order valence-corrected chi connectivity index (χ3v) is 4.49. The highest BCUT2D eigenvalue weighted by Crippen LogP contribution is 2.35. The van der Waals surface area contributed by atoms with Crippen molar-refractivity contribution in [3.63, 3.8) is 0 Å². The van der Waals surface area contributed by atoms with Gasteiger partial charge in [0.25, 0.3) is 0 Å². The van der Waals surface area contributed by atoms with Crippen molar-refractivity contribution in [2.24, 2.45) is 5.73 Å². The number of nitrogens with zero attached hydrogens (tertiary/aromatic N) is 3. The Morgan fingerprint density at radius 2 is 2.10 bits per heavy atom. The summed E-state index contributed by atoms with van der Waals surface area (Å²) in [6.07, 6.45) is 2.95. The molecule has 1 unspecified atom stereocenters. The Morgan fingerprint density at radius 3 is 2.75 bits per heavy atom. The summed E-state index contributed by atoms with van der Waals surface area (Å²) in [5, 5.41) is 0. The average molecular weight is 277 g/mol. The second kappa shape index (κ2) is 5.18. The van der Waals surface area contributed by atoms with Gasteiger partial charge >= 0.3 is 0 Å². The van der Waals surface area contributed by atoms with Crippen molar-refractivity contribution in [1.29, 1.82) is 0 Å². The van der Waals surface area contributed by atoms with Crippen LogP contribution in [0.2, 0.25) is 0 Å². The number of nitrogens with two attached hydrogens (primary N) is 2. The molecule has 2 aliphatic heterocycles. The largest absolute Gasteiger partial charge is 0.381 e. The molecule has 3 rings (SSSR count). The molecule has 0 radical (unpaired) electrons. The van der Waals surface area contributed by atoms with Crippen LogP contribution in [0.15, 0.2) is 6.07 Å². The molecule has 0 saturated carbocycles. The zero-order valence-electron chi connectivity index (χ0n) is 12.0. The van der Waals surface area contributed by atoms with E-state index in [2.05, 4.69) is 27.9 Å². The molecule has 0 aliphatic carbocycles. The van der Waals surface area contributed by atoms with E-state index in [0.717, 1.165) is 57.1 Å². The van der Waals surface area contributed by atoms with Gasteiger partial charge in [-0.15, -0.1) is 0 Å². The Kier molecular flexibility index (Phi) is 3.52. The molecule has 20 heavy (non-hydrogen) atoms. The first-order valence-electron chi connectivity index (χ1n) is 7.30. The lowest BCUT2D eigenvalue weighted by Gasteiger charge is -2.33. The fourth-order valence-electron chi connectivity index (χ4n) is 3.00. The predicted molar refractivity (Wildman–Crippen MR) is 78.7 cm³/mol. The van der Waals surface area contributed by atoms with Crippen LogP contribution in [-0.4, -0.2) is 42.3 Å². The normalized spacial score (nSPS) is 25.9. The van der Waals surface area contributed by atoms with Crippen molar-refractivity contribution >= 4 is 11.8 Å². The smallest absolute Gasteiger partial charge is 0.222 e. The van der Waals surface area contributed by atoms with Crippen LogP contribution < -0.4 is 16.4 Å². The van der Waals surface area contributed by atoms with Crippen LogP contribution >= 0.6 is 0 Å². The van der Waals surface area contributed by atoms with Crippen molar-refractivity contribution < 1.29 is 4.74 Å². The van der Waals surface area contributed by atoms with Gasteiger partial charge in [-0.3, -0.25) is 0 Å². The Labute approximate surface area is 119 Å². The van der Waals surface area contributed by atoms with Crippen LogP contribution in [0.4, 0.5) is 11.8 Å². The second-order valence-corrected chi connectivity index (χ2v) is 6.14. The van der Waals surface area contributed by atoms with E-state index < -0.39 is 0 Å². The van der Waals surface area contributed by atoms with Gasteiger partial charge in [0, 0.05) is 43.8 Å². The first-order valence-corrected chi connectivity index (χ1v) is 7.30. The van der Waals surface area contributed by atoms with Gasteiger partial charge in [-0.1, -0.05) is 6.92 Å². The standard InChI is InChI=1S/C14H23N5O/c1-14(3-6-20-7-4-14)11-8-12(18-13(16)17-11)19-5-2-10(15)9-19/h8,10H,2-7,9,15H2,1H3,(H2,16,17,18). The molecule has 2 aliphatic rings. The molecule has 3 heterocycles. The molecule has 1 aromatic rings. The molecule has 6 nitrogen and oxygen atoms in total. The molecule has 1 aromatic heterocycles. The SMILES string of the molecule is CC1(c2cc(N3CCC(N)C3)nc(N)n2)CCOCC1. The highest BCUT2D eigenvalue weighted by atomic mass is 16.5. The Hall–Kier alpha value is -1.40. The number of hydrogen-bond donors (Lipinski definition) is 2. The molecule has 2 saturated heterocycles. The van der Waals surface area contributed by atoms with E-state index in [1.807, 2.05) is 0 Å². The first kappa shape index (κ1) is 13.6. The summed E-state index contributed by atoms with van der Waals surface area (Å²) in [4.78, 5) is 11.1. The lowest BCUT2D eigenvalue weighted by atomic mass is 9.79. The van der Waals surface area contributed by atoms with E-state index in [1.54, 1.807) is 0 Å². The third kappa shape index (κ3) is 2.58. The van der Waals surface area contributed by atoms with Crippen LogP contribution in [0.1, 0.15) is 31.9 Å². The van der Waals surface area contributed by atoms with Gasteiger partial charge in [-0.2, -0.15) is 4.98 Å². The molecule has 4 N–H and O–H groups in total. The van der Waals surface area contributed by atoms with E-state index >= 15 is 0 Å². The fraction of sp³-hybridized carbons (Fsp3) is 0.714. The van der Waals surface area contributed by atoms with Crippen LogP contribution in [-0.2, 0) is 10.2 Å². The lowest BCUT2D eigenvalue weighted by molar-refractivity contribution is 0.0551. The minimum absolute atomic E-state index is 0.0336. The second-order valence-electron chi connectivity index (χ2n) is 6.14. The van der Waals surface area contributed by atoms with Crippen molar-refractivity contribution in [2.45, 2.75) is 37.6 Å². The maximum absolute atomic E-state index is 5.97. The lowest BCUT2D eigenvalue weighted by Crippen LogP contribution is -2.33. The molecule has 6 heteroatoms. The fourth-order valence-corrected chi connectivity index (χ4v) is 3.00. The highest BCUT2D eigenvalue weighted by Gasteiger charge is 2.32. The van der Waals surface area contributed by atoms with E-state index in [-0.39, 0.29) is 11.5 Å². The Morgan fingerprint density at radius 1 is 1.35 bits per heavy atom. The van der Waals surface area contributed by atoms with Gasteiger partial charge in [0.05, 0.1) is 5.69 Å². The van der Waals surface area contributed by atoms with Crippen molar-refractivity contribution in [3.8, 4) is 0 Å². The van der Waals surface area contributed by atoms with Crippen molar-refractivity contribution in [2.75, 3.05) is 36.9 Å². The molecule has 0 bridgehead atoms. The first-order chi connectivity index (χ1) is 9.57. The minimum Gasteiger partial charge on any atom is -0.381 e. The number of aromatic nitrogens is 2. The molecule has 0 amide bonds. The van der Waals surface area contributed by atoms with Crippen LogP contribution in [0, 0.1) is 0 Å². The third-order valence-electron chi connectivity index (χ3n) is 4.49. The van der Waals surface area contributed by atoms with Crippen molar-refractivity contribution in [1.82, 2.24) is 9.97 Å². The summed E-state index contributed by atoms with van der Waals surface area (Å²) < 4.78 is 5.46. The molecule has 1 atom stereocenters. The number of rotatable bonds is 2. The van der Waals surface area contributed by atoms with Gasteiger partial charge in [0.2, 0.25) is 5.95 Å². The zero-order valence-corrected chi connectivity index (χ0v) is 12.0. The number of hydrogen-bond acceptors (Lipinski definition) is 6. The summed E-state index contributed by atoms with van der Waals surface area (Å²) in [5.74, 6) is 1.26. The van der Waals surface area contributed by atoms with Crippen LogP contribution in [0.25, 0.3) is 0 Å². The van der Waals surface area contributed by atoms with Gasteiger partial charge in [-0.05, 0) is 19.3 Å². The predicted octanol–water partition coefficient (Wildman–Crippen LogP) is 0.664. The molecule has 0 spiro atoms. The van der Waals surface area contributed by atoms with Crippen LogP contribution in [0.5, 0.6) is 0 Å². The van der Waals surface area contributed by atoms with Gasteiger partial charge in [-0.25, -0.2) is 4.98 Å². The summed E-state index contributed by atoms with van der Waals surface area (Å²) in [5.41, 5.74) is 13.0. The molecule has 110 valence electrons. The molecule has 0 aromatic carbocycles. The number of nitrogen functional groups attached to an aromatic ring is 1. The van der Waals surface area contributed by atoms with E-state index in [1.165, 1.54) is 0 Å². The maximum atomic E-state index is 5.97. The zero-order chi connectivity index (χ0) is 14.2. The van der Waals surface area contributed by atoms with Crippen molar-refractivity contribution in [3.05, 3.63) is 11.8 Å². The van der Waals surface area contributed by atoms with E-state index in [4.69, 9.17) is 16.2 Å². The van der Waals surface area contributed by atoms with Gasteiger partial charge in [0.15, 0.2) is 0 Å². The summed E-state index contributed by atoms with van der Waals surface area (Å²) in [6.45, 7) is 5.58. The summed E-state index contributed by atoms with van der Waals surface area (Å²) >= 11 is 0. The van der Waals surface area contributed by atoms with Gasteiger partial charge < -0.3 is 21.1 Å². The maximum Gasteiger partial charge on any atom is 0.222 e. The summed E-state index contributed by atoms with van der Waals surface area (Å²) in [7, 11) is 0.